The molecule has 0 aromatic heterocycles. The van der Waals surface area contributed by atoms with E-state index in [0.717, 1.165) is 45.2 Å². The fourth-order valence-corrected chi connectivity index (χ4v) is 7.55. The summed E-state index contributed by atoms with van der Waals surface area (Å²) in [6.07, 6.45) is 4.71. The Morgan fingerprint density at radius 2 is 1.00 bits per heavy atom. The van der Waals surface area contributed by atoms with Crippen molar-refractivity contribution in [2.75, 3.05) is 0 Å². The molecule has 0 radical (unpaired) electrons. The van der Waals surface area contributed by atoms with Gasteiger partial charge in [0.2, 0.25) is 0 Å². The Hall–Kier alpha value is 0.960. The molecule has 0 aromatic rings. The van der Waals surface area contributed by atoms with Gasteiger partial charge in [0.15, 0.2) is 0 Å². The lowest BCUT2D eigenvalue weighted by Crippen LogP contribution is -2.25. The van der Waals surface area contributed by atoms with E-state index in [1.807, 2.05) is 0 Å². The quantitative estimate of drug-likeness (QED) is 0.602. The highest BCUT2D eigenvalue weighted by Crippen LogP contribution is 2.71. The highest BCUT2D eigenvalue weighted by molar-refractivity contribution is 9.12. The molecule has 0 aromatic carbocycles. The third kappa shape index (κ3) is 0.770. The van der Waals surface area contributed by atoms with Gasteiger partial charge in [0.25, 0.3) is 0 Å². The molecular weight excluding hydrogens is 292 g/mol. The maximum Gasteiger partial charge on any atom is 0.0307 e. The molecule has 6 atom stereocenters. The Kier molecular flexibility index (Phi) is 1.49. The van der Waals surface area contributed by atoms with E-state index in [1.54, 1.807) is 19.3 Å². The zero-order valence-electron chi connectivity index (χ0n) is 7.50. The zero-order chi connectivity index (χ0) is 8.74. The van der Waals surface area contributed by atoms with Crippen LogP contribution in [0, 0.1) is 35.5 Å². The molecule has 5 rings (SSSR count). The van der Waals surface area contributed by atoms with E-state index in [4.69, 9.17) is 0 Å². The van der Waals surface area contributed by atoms with Crippen molar-refractivity contribution in [1.29, 1.82) is 0 Å². The first kappa shape index (κ1) is 8.15. The molecule has 5 fully saturated rings. The van der Waals surface area contributed by atoms with Crippen LogP contribution in [0.5, 0.6) is 0 Å². The SMILES string of the molecule is BrC1C(Br)C2C3CC4CC(C3)C2C41. The Morgan fingerprint density at radius 1 is 0.615 bits per heavy atom. The molecular formula is C11H14Br2. The van der Waals surface area contributed by atoms with Crippen molar-refractivity contribution in [3.8, 4) is 0 Å². The predicted molar refractivity (Wildman–Crippen MR) is 60.2 cm³/mol. The number of hydrogen-bond donors (Lipinski definition) is 0. The summed E-state index contributed by atoms with van der Waals surface area (Å²) in [5.41, 5.74) is 0. The summed E-state index contributed by atoms with van der Waals surface area (Å²) in [5.74, 6) is 6.50. The second-order valence-electron chi connectivity index (χ2n) is 5.61. The van der Waals surface area contributed by atoms with Gasteiger partial charge in [-0.1, -0.05) is 31.9 Å². The molecule has 0 amide bonds. The highest BCUT2D eigenvalue weighted by Gasteiger charge is 2.67. The first-order valence-electron chi connectivity index (χ1n) is 5.55. The number of rotatable bonds is 0. The largest absolute Gasteiger partial charge is 0.0875 e. The Balaban J connectivity index is 1.87. The van der Waals surface area contributed by atoms with Crippen molar-refractivity contribution in [3.63, 3.8) is 0 Å². The average molecular weight is 306 g/mol. The molecule has 6 bridgehead atoms. The van der Waals surface area contributed by atoms with Crippen LogP contribution in [0.25, 0.3) is 0 Å². The molecule has 2 heteroatoms. The standard InChI is InChI=1S/C11H14Br2/c12-10-8-5-1-4-2-6(3-5)9(7(4)8)11(10)13/h4-11H,1-3H2. The predicted octanol–water partition coefficient (Wildman–Crippen LogP) is 3.44. The second kappa shape index (κ2) is 2.37. The molecule has 0 N–H and O–H groups in total. The summed E-state index contributed by atoms with van der Waals surface area (Å²) in [7, 11) is 0. The van der Waals surface area contributed by atoms with Gasteiger partial charge in [0.1, 0.15) is 0 Å². The van der Waals surface area contributed by atoms with Crippen molar-refractivity contribution in [2.24, 2.45) is 35.5 Å². The Morgan fingerprint density at radius 3 is 1.46 bits per heavy atom. The summed E-state index contributed by atoms with van der Waals surface area (Å²) in [6, 6.07) is 0. The molecule has 5 aliphatic carbocycles. The fraction of sp³-hybridized carbons (Fsp3) is 1.00. The minimum absolute atomic E-state index is 0.794. The monoisotopic (exact) mass is 304 g/mol. The van der Waals surface area contributed by atoms with E-state index in [2.05, 4.69) is 31.9 Å². The van der Waals surface area contributed by atoms with Crippen molar-refractivity contribution < 1.29 is 0 Å². The summed E-state index contributed by atoms with van der Waals surface area (Å²) in [5, 5.41) is 0. The summed E-state index contributed by atoms with van der Waals surface area (Å²) in [6.45, 7) is 0. The maximum atomic E-state index is 3.93. The zero-order valence-corrected chi connectivity index (χ0v) is 10.7. The molecule has 5 aliphatic rings. The van der Waals surface area contributed by atoms with Gasteiger partial charge in [0, 0.05) is 9.65 Å². The van der Waals surface area contributed by atoms with Crippen molar-refractivity contribution >= 4 is 31.9 Å². The summed E-state index contributed by atoms with van der Waals surface area (Å²) >= 11 is 7.87. The molecule has 5 saturated carbocycles. The Labute approximate surface area is 96.1 Å². The van der Waals surface area contributed by atoms with E-state index in [1.165, 1.54) is 0 Å². The lowest BCUT2D eigenvalue weighted by atomic mass is 9.75. The molecule has 72 valence electrons. The average Bonchev–Trinajstić information content (AvgIpc) is 2.60. The number of hydrogen-bond acceptors (Lipinski definition) is 0. The van der Waals surface area contributed by atoms with Crippen LogP contribution < -0.4 is 0 Å². The lowest BCUT2D eigenvalue weighted by molar-refractivity contribution is 0.192. The lowest BCUT2D eigenvalue weighted by Gasteiger charge is -2.31. The normalized spacial score (nSPS) is 72.5. The minimum atomic E-state index is 0.794. The molecule has 0 nitrogen and oxygen atoms in total. The number of alkyl halides is 2. The third-order valence-corrected chi connectivity index (χ3v) is 8.45. The van der Waals surface area contributed by atoms with E-state index >= 15 is 0 Å². The van der Waals surface area contributed by atoms with Gasteiger partial charge in [-0.15, -0.1) is 0 Å². The first-order chi connectivity index (χ1) is 6.27. The molecule has 0 heterocycles. The summed E-state index contributed by atoms with van der Waals surface area (Å²) in [4.78, 5) is 1.59. The van der Waals surface area contributed by atoms with Gasteiger partial charge >= 0.3 is 0 Å². The van der Waals surface area contributed by atoms with Gasteiger partial charge in [-0.2, -0.15) is 0 Å². The summed E-state index contributed by atoms with van der Waals surface area (Å²) < 4.78 is 0. The highest BCUT2D eigenvalue weighted by atomic mass is 79.9. The van der Waals surface area contributed by atoms with Gasteiger partial charge in [-0.05, 0) is 54.8 Å². The van der Waals surface area contributed by atoms with E-state index in [0.29, 0.717) is 0 Å². The van der Waals surface area contributed by atoms with Crippen molar-refractivity contribution in [1.82, 2.24) is 0 Å². The third-order valence-electron chi connectivity index (χ3n) is 5.38. The van der Waals surface area contributed by atoms with Crippen LogP contribution in [0.2, 0.25) is 0 Å². The van der Waals surface area contributed by atoms with Crippen LogP contribution in [-0.2, 0) is 0 Å². The topological polar surface area (TPSA) is 0 Å². The van der Waals surface area contributed by atoms with Crippen LogP contribution in [-0.4, -0.2) is 9.65 Å². The van der Waals surface area contributed by atoms with Crippen LogP contribution in [0.1, 0.15) is 19.3 Å². The Bertz CT molecular complexity index is 237. The van der Waals surface area contributed by atoms with Gasteiger partial charge < -0.3 is 0 Å². The van der Waals surface area contributed by atoms with Crippen LogP contribution >= 0.6 is 31.9 Å². The van der Waals surface area contributed by atoms with Crippen LogP contribution in [0.15, 0.2) is 0 Å². The molecule has 0 saturated heterocycles. The van der Waals surface area contributed by atoms with Gasteiger partial charge in [-0.3, -0.25) is 0 Å². The number of halogens is 2. The van der Waals surface area contributed by atoms with Crippen LogP contribution in [0.3, 0.4) is 0 Å². The van der Waals surface area contributed by atoms with E-state index in [-0.39, 0.29) is 0 Å². The van der Waals surface area contributed by atoms with Crippen LogP contribution in [0.4, 0.5) is 0 Å². The maximum absolute atomic E-state index is 3.93. The fourth-order valence-electron chi connectivity index (χ4n) is 5.28. The molecule has 0 spiro atoms. The smallest absolute Gasteiger partial charge is 0.0307 e. The molecule has 6 unspecified atom stereocenters. The minimum Gasteiger partial charge on any atom is -0.0875 e. The van der Waals surface area contributed by atoms with Gasteiger partial charge in [0.05, 0.1) is 0 Å². The first-order valence-corrected chi connectivity index (χ1v) is 7.38. The van der Waals surface area contributed by atoms with Crippen molar-refractivity contribution in [2.45, 2.75) is 28.9 Å². The molecule has 13 heavy (non-hydrogen) atoms. The van der Waals surface area contributed by atoms with E-state index in [9.17, 15) is 0 Å². The van der Waals surface area contributed by atoms with Gasteiger partial charge in [-0.25, -0.2) is 0 Å². The molecule has 0 aliphatic heterocycles. The van der Waals surface area contributed by atoms with E-state index < -0.39 is 0 Å². The van der Waals surface area contributed by atoms with Crippen molar-refractivity contribution in [3.05, 3.63) is 0 Å². The second-order valence-corrected chi connectivity index (χ2v) is 7.72.